The summed E-state index contributed by atoms with van der Waals surface area (Å²) in [6, 6.07) is 0. The highest BCUT2D eigenvalue weighted by molar-refractivity contribution is 6.31. The first-order valence-electron chi connectivity index (χ1n) is 12.1. The van der Waals surface area contributed by atoms with Gasteiger partial charge in [0.2, 0.25) is 0 Å². The molecule has 0 heterocycles. The Kier molecular flexibility index (Phi) is 12.5. The summed E-state index contributed by atoms with van der Waals surface area (Å²) in [5.74, 6) is -1.62. The highest BCUT2D eigenvalue weighted by Crippen LogP contribution is 2.54. The van der Waals surface area contributed by atoms with Gasteiger partial charge in [0.1, 0.15) is 0 Å². The van der Waals surface area contributed by atoms with Gasteiger partial charge in [0.05, 0.1) is 14.2 Å². The van der Waals surface area contributed by atoms with Gasteiger partial charge in [-0.1, -0.05) is 94.0 Å². The average Bonchev–Trinajstić information content (AvgIpc) is 3.08. The molecule has 0 bridgehead atoms. The van der Waals surface area contributed by atoms with Crippen LogP contribution in [0.25, 0.3) is 0 Å². The van der Waals surface area contributed by atoms with E-state index in [1.807, 2.05) is 6.92 Å². The molecule has 1 aliphatic carbocycles. The fourth-order valence-electron chi connectivity index (χ4n) is 4.94. The molecule has 0 saturated carbocycles. The smallest absolute Gasteiger partial charge is 0.324 e. The van der Waals surface area contributed by atoms with Gasteiger partial charge >= 0.3 is 11.9 Å². The molecule has 5 heteroatoms. The molecule has 0 spiro atoms. The van der Waals surface area contributed by atoms with Crippen LogP contribution in [-0.4, -0.2) is 26.2 Å². The number of unbranched alkanes of at least 4 members (excludes halogenated alkanes) is 7. The molecule has 0 N–H and O–H groups in total. The minimum absolute atomic E-state index is 0.330. The highest BCUT2D eigenvalue weighted by atomic mass is 35.5. The zero-order valence-electron chi connectivity index (χ0n) is 20.6. The molecular formula is C26H43ClO4. The summed E-state index contributed by atoms with van der Waals surface area (Å²) >= 11 is 6.87. The second-order valence-electron chi connectivity index (χ2n) is 8.73. The summed E-state index contributed by atoms with van der Waals surface area (Å²) in [6.07, 6.45) is 12.7. The zero-order valence-corrected chi connectivity index (χ0v) is 21.3. The van der Waals surface area contributed by atoms with E-state index < -0.39 is 23.3 Å². The van der Waals surface area contributed by atoms with Crippen molar-refractivity contribution in [3.05, 3.63) is 21.8 Å². The van der Waals surface area contributed by atoms with Crippen LogP contribution in [0.5, 0.6) is 0 Å². The maximum absolute atomic E-state index is 13.0. The summed E-state index contributed by atoms with van der Waals surface area (Å²) in [7, 11) is 2.66. The molecule has 1 atom stereocenters. The fourth-order valence-corrected chi connectivity index (χ4v) is 5.55. The van der Waals surface area contributed by atoms with Crippen LogP contribution < -0.4 is 0 Å². The quantitative estimate of drug-likeness (QED) is 0.118. The number of methoxy groups -OCH3 is 2. The monoisotopic (exact) mass is 454 g/mol. The molecule has 0 radical (unpaired) electrons. The maximum Gasteiger partial charge on any atom is 0.324 e. The van der Waals surface area contributed by atoms with E-state index >= 15 is 0 Å². The number of esters is 2. The van der Waals surface area contributed by atoms with E-state index in [2.05, 4.69) is 20.8 Å². The van der Waals surface area contributed by atoms with Crippen molar-refractivity contribution in [3.8, 4) is 0 Å². The normalized spacial score (nSPS) is 17.6. The molecule has 0 amide bonds. The summed E-state index contributed by atoms with van der Waals surface area (Å²) in [5, 5.41) is 0.601. The number of hydrogen-bond donors (Lipinski definition) is 0. The van der Waals surface area contributed by atoms with Crippen molar-refractivity contribution in [3.63, 3.8) is 0 Å². The van der Waals surface area contributed by atoms with Gasteiger partial charge < -0.3 is 9.47 Å². The number of allylic oxidation sites excluding steroid dienone is 4. The van der Waals surface area contributed by atoms with Gasteiger partial charge in [0.15, 0.2) is 5.41 Å². The van der Waals surface area contributed by atoms with Crippen LogP contribution >= 0.6 is 11.6 Å². The van der Waals surface area contributed by atoms with Crippen molar-refractivity contribution >= 4 is 23.5 Å². The third kappa shape index (κ3) is 6.60. The Balaban J connectivity index is 3.09. The lowest BCUT2D eigenvalue weighted by molar-refractivity contribution is -0.170. The maximum atomic E-state index is 13.0. The summed E-state index contributed by atoms with van der Waals surface area (Å²) in [6.45, 7) is 8.35. The van der Waals surface area contributed by atoms with Gasteiger partial charge in [-0.3, -0.25) is 9.59 Å². The predicted octanol–water partition coefficient (Wildman–Crippen LogP) is 7.50. The molecule has 4 nitrogen and oxygen atoms in total. The van der Waals surface area contributed by atoms with Gasteiger partial charge in [-0.2, -0.15) is 0 Å². The van der Waals surface area contributed by atoms with Crippen LogP contribution in [0.3, 0.4) is 0 Å². The average molecular weight is 455 g/mol. The van der Waals surface area contributed by atoms with Gasteiger partial charge in [0, 0.05) is 11.0 Å². The van der Waals surface area contributed by atoms with E-state index in [0.717, 1.165) is 48.8 Å². The van der Waals surface area contributed by atoms with Crippen LogP contribution in [0.1, 0.15) is 105 Å². The van der Waals surface area contributed by atoms with Crippen molar-refractivity contribution in [2.45, 2.75) is 105 Å². The van der Waals surface area contributed by atoms with Crippen LogP contribution in [0.4, 0.5) is 0 Å². The third-order valence-electron chi connectivity index (χ3n) is 6.85. The Bertz CT molecular complexity index is 640. The molecule has 31 heavy (non-hydrogen) atoms. The van der Waals surface area contributed by atoms with Crippen LogP contribution in [0, 0.1) is 11.3 Å². The number of carbonyl (C=O) groups is 2. The molecule has 0 fully saturated rings. The second kappa shape index (κ2) is 14.0. The van der Waals surface area contributed by atoms with Crippen molar-refractivity contribution in [2.24, 2.45) is 11.3 Å². The number of carbonyl (C=O) groups excluding carboxylic acids is 2. The topological polar surface area (TPSA) is 52.6 Å². The van der Waals surface area contributed by atoms with Crippen molar-refractivity contribution in [1.29, 1.82) is 0 Å². The number of hydrogen-bond acceptors (Lipinski definition) is 4. The van der Waals surface area contributed by atoms with Gasteiger partial charge in [-0.15, -0.1) is 0 Å². The fraction of sp³-hybridized carbons (Fsp3) is 0.769. The van der Waals surface area contributed by atoms with E-state index in [4.69, 9.17) is 21.1 Å². The molecule has 0 aromatic rings. The minimum atomic E-state index is -1.42. The Morgan fingerprint density at radius 1 is 0.903 bits per heavy atom. The molecule has 0 aliphatic heterocycles. The molecule has 0 aromatic heterocycles. The van der Waals surface area contributed by atoms with E-state index in [9.17, 15) is 9.59 Å². The Morgan fingerprint density at radius 3 is 1.84 bits per heavy atom. The van der Waals surface area contributed by atoms with Gasteiger partial charge in [-0.05, 0) is 39.0 Å². The summed E-state index contributed by atoms with van der Waals surface area (Å²) in [5.41, 5.74) is 1.83. The second-order valence-corrected chi connectivity index (χ2v) is 9.14. The Labute approximate surface area is 194 Å². The SMILES string of the molecule is CCCCCCCCCCC1=C(C)C(C(Cl)=C(CC)CC)C(C(=O)OC)(C(=O)OC)C1. The van der Waals surface area contributed by atoms with E-state index in [1.54, 1.807) is 0 Å². The highest BCUT2D eigenvalue weighted by Gasteiger charge is 2.60. The van der Waals surface area contributed by atoms with Crippen molar-refractivity contribution < 1.29 is 19.1 Å². The zero-order chi connectivity index (χ0) is 23.4. The minimum Gasteiger partial charge on any atom is -0.468 e. The molecule has 1 rings (SSSR count). The van der Waals surface area contributed by atoms with E-state index in [-0.39, 0.29) is 0 Å². The first-order valence-corrected chi connectivity index (χ1v) is 12.5. The summed E-state index contributed by atoms with van der Waals surface area (Å²) in [4.78, 5) is 26.0. The van der Waals surface area contributed by atoms with E-state index in [1.165, 1.54) is 52.7 Å². The van der Waals surface area contributed by atoms with Gasteiger partial charge in [0.25, 0.3) is 0 Å². The molecule has 1 aliphatic rings. The standard InChI is InChI=1S/C26H43ClO4/c1-7-10-11-12-13-14-15-16-17-21-18-26(24(28)30-5,25(29)31-6)22(19(21)4)23(27)20(8-2)9-3/h22H,7-18H2,1-6H3. The lowest BCUT2D eigenvalue weighted by atomic mass is 9.73. The van der Waals surface area contributed by atoms with Crippen LogP contribution in [0.2, 0.25) is 0 Å². The largest absolute Gasteiger partial charge is 0.468 e. The van der Waals surface area contributed by atoms with Gasteiger partial charge in [-0.25, -0.2) is 0 Å². The molecule has 178 valence electrons. The third-order valence-corrected chi connectivity index (χ3v) is 7.34. The van der Waals surface area contributed by atoms with E-state index in [0.29, 0.717) is 11.5 Å². The molecule has 0 saturated heterocycles. The molecular weight excluding hydrogens is 412 g/mol. The number of rotatable bonds is 14. The Morgan fingerprint density at radius 2 is 1.39 bits per heavy atom. The van der Waals surface area contributed by atoms with Crippen molar-refractivity contribution in [2.75, 3.05) is 14.2 Å². The lowest BCUT2D eigenvalue weighted by Crippen LogP contribution is -2.45. The predicted molar refractivity (Wildman–Crippen MR) is 128 cm³/mol. The molecule has 0 aromatic carbocycles. The first kappa shape index (κ1) is 27.7. The molecule has 1 unspecified atom stereocenters. The first-order chi connectivity index (χ1) is 14.8. The number of ether oxygens (including phenoxy) is 2. The lowest BCUT2D eigenvalue weighted by Gasteiger charge is -2.32. The number of halogens is 1. The summed E-state index contributed by atoms with van der Waals surface area (Å²) < 4.78 is 10.3. The Hall–Kier alpha value is -1.29. The van der Waals surface area contributed by atoms with Crippen molar-refractivity contribution in [1.82, 2.24) is 0 Å². The van der Waals surface area contributed by atoms with Crippen LogP contribution in [-0.2, 0) is 19.1 Å². The van der Waals surface area contributed by atoms with Crippen LogP contribution in [0.15, 0.2) is 21.8 Å².